The molecule has 0 bridgehead atoms. The van der Waals surface area contributed by atoms with Gasteiger partial charge >= 0.3 is 0 Å². The van der Waals surface area contributed by atoms with Gasteiger partial charge in [0.05, 0.1) is 6.04 Å². The Labute approximate surface area is 85.1 Å². The van der Waals surface area contributed by atoms with Crippen molar-refractivity contribution in [2.24, 2.45) is 5.73 Å². The molecule has 1 aromatic rings. The minimum atomic E-state index is -0.506. The number of hydrogen-bond donors (Lipinski definition) is 1. The highest BCUT2D eigenvalue weighted by atomic mass is 19.1. The lowest BCUT2D eigenvalue weighted by Crippen LogP contribution is -2.15. The standard InChI is InChI=1S/C12H18FN/c1-12(2,3)10-6-4-5-9(7-10)11(14)8-13/h4-7,11H,8,14H2,1-3H3/t11-/m0/s1. The van der Waals surface area contributed by atoms with Crippen LogP contribution >= 0.6 is 0 Å². The van der Waals surface area contributed by atoms with Crippen LogP contribution in [-0.4, -0.2) is 6.67 Å². The van der Waals surface area contributed by atoms with Crippen LogP contribution in [0.4, 0.5) is 4.39 Å². The van der Waals surface area contributed by atoms with Crippen molar-refractivity contribution in [2.75, 3.05) is 6.67 Å². The van der Waals surface area contributed by atoms with Crippen LogP contribution in [0.15, 0.2) is 24.3 Å². The Morgan fingerprint density at radius 3 is 2.50 bits per heavy atom. The molecule has 0 aliphatic carbocycles. The van der Waals surface area contributed by atoms with Gasteiger partial charge in [-0.25, -0.2) is 4.39 Å². The molecule has 14 heavy (non-hydrogen) atoms. The largest absolute Gasteiger partial charge is 0.322 e. The fourth-order valence-electron chi connectivity index (χ4n) is 1.32. The molecule has 0 unspecified atom stereocenters. The summed E-state index contributed by atoms with van der Waals surface area (Å²) in [5.74, 6) is 0. The molecular weight excluding hydrogens is 177 g/mol. The van der Waals surface area contributed by atoms with Crippen molar-refractivity contribution in [1.82, 2.24) is 0 Å². The van der Waals surface area contributed by atoms with E-state index in [1.54, 1.807) is 0 Å². The average molecular weight is 195 g/mol. The highest BCUT2D eigenvalue weighted by molar-refractivity contribution is 5.30. The van der Waals surface area contributed by atoms with Gasteiger partial charge < -0.3 is 5.73 Å². The van der Waals surface area contributed by atoms with Crippen molar-refractivity contribution in [1.29, 1.82) is 0 Å². The molecule has 0 radical (unpaired) electrons. The summed E-state index contributed by atoms with van der Waals surface area (Å²) in [4.78, 5) is 0. The molecule has 2 heteroatoms. The average Bonchev–Trinajstić information content (AvgIpc) is 2.15. The second-order valence-corrected chi connectivity index (χ2v) is 4.64. The number of nitrogens with two attached hydrogens (primary N) is 1. The molecule has 0 amide bonds. The van der Waals surface area contributed by atoms with Gasteiger partial charge in [-0.05, 0) is 16.5 Å². The number of halogens is 1. The molecule has 0 aliphatic rings. The van der Waals surface area contributed by atoms with Crippen molar-refractivity contribution < 1.29 is 4.39 Å². The minimum absolute atomic E-state index is 0.0893. The van der Waals surface area contributed by atoms with E-state index in [-0.39, 0.29) is 5.41 Å². The van der Waals surface area contributed by atoms with Crippen molar-refractivity contribution in [3.05, 3.63) is 35.4 Å². The molecule has 1 nitrogen and oxygen atoms in total. The van der Waals surface area contributed by atoms with E-state index in [4.69, 9.17) is 5.73 Å². The quantitative estimate of drug-likeness (QED) is 0.771. The van der Waals surface area contributed by atoms with E-state index in [0.717, 1.165) is 5.56 Å². The molecule has 0 saturated carbocycles. The molecule has 0 fully saturated rings. The second kappa shape index (κ2) is 4.09. The van der Waals surface area contributed by atoms with Crippen molar-refractivity contribution in [3.8, 4) is 0 Å². The summed E-state index contributed by atoms with van der Waals surface area (Å²) < 4.78 is 12.4. The maximum atomic E-state index is 12.4. The molecule has 78 valence electrons. The SMILES string of the molecule is CC(C)(C)c1cccc([C@@H](N)CF)c1. The van der Waals surface area contributed by atoms with E-state index in [2.05, 4.69) is 26.8 Å². The first kappa shape index (κ1) is 11.2. The number of hydrogen-bond acceptors (Lipinski definition) is 1. The second-order valence-electron chi connectivity index (χ2n) is 4.64. The smallest absolute Gasteiger partial charge is 0.109 e. The van der Waals surface area contributed by atoms with Crippen LogP contribution < -0.4 is 5.73 Å². The summed E-state index contributed by atoms with van der Waals surface area (Å²) in [6, 6.07) is 7.36. The number of rotatable bonds is 2. The van der Waals surface area contributed by atoms with Gasteiger partial charge in [0, 0.05) is 0 Å². The topological polar surface area (TPSA) is 26.0 Å². The van der Waals surface area contributed by atoms with E-state index in [1.165, 1.54) is 5.56 Å². The van der Waals surface area contributed by atoms with Crippen LogP contribution in [-0.2, 0) is 5.41 Å². The highest BCUT2D eigenvalue weighted by Gasteiger charge is 2.15. The van der Waals surface area contributed by atoms with Crippen LogP contribution in [0, 0.1) is 0 Å². The highest BCUT2D eigenvalue weighted by Crippen LogP contribution is 2.24. The lowest BCUT2D eigenvalue weighted by atomic mass is 9.85. The fourth-order valence-corrected chi connectivity index (χ4v) is 1.32. The Kier molecular flexibility index (Phi) is 3.27. The third kappa shape index (κ3) is 2.55. The summed E-state index contributed by atoms with van der Waals surface area (Å²) in [5, 5.41) is 0. The van der Waals surface area contributed by atoms with Gasteiger partial charge in [-0.3, -0.25) is 0 Å². The van der Waals surface area contributed by atoms with Crippen LogP contribution in [0.5, 0.6) is 0 Å². The third-order valence-corrected chi connectivity index (χ3v) is 2.35. The maximum Gasteiger partial charge on any atom is 0.109 e. The predicted octanol–water partition coefficient (Wildman–Crippen LogP) is 2.95. The predicted molar refractivity (Wildman–Crippen MR) is 58.0 cm³/mol. The molecule has 1 atom stereocenters. The third-order valence-electron chi connectivity index (χ3n) is 2.35. The fraction of sp³-hybridized carbons (Fsp3) is 0.500. The molecule has 0 saturated heterocycles. The van der Waals surface area contributed by atoms with E-state index >= 15 is 0 Å². The van der Waals surface area contributed by atoms with E-state index in [9.17, 15) is 4.39 Å². The van der Waals surface area contributed by atoms with Gasteiger partial charge in [0.1, 0.15) is 6.67 Å². The molecule has 0 spiro atoms. The zero-order valence-electron chi connectivity index (χ0n) is 9.05. The lowest BCUT2D eigenvalue weighted by molar-refractivity contribution is 0.436. The Bertz CT molecular complexity index is 301. The van der Waals surface area contributed by atoms with Gasteiger partial charge in [0.2, 0.25) is 0 Å². The summed E-state index contributed by atoms with van der Waals surface area (Å²) >= 11 is 0. The summed E-state index contributed by atoms with van der Waals surface area (Å²) in [6.07, 6.45) is 0. The molecular formula is C12H18FN. The minimum Gasteiger partial charge on any atom is -0.322 e. The zero-order chi connectivity index (χ0) is 10.8. The molecule has 1 aromatic carbocycles. The number of benzene rings is 1. The first-order valence-corrected chi connectivity index (χ1v) is 4.87. The summed E-state index contributed by atoms with van der Waals surface area (Å²) in [5.41, 5.74) is 7.79. The first-order valence-electron chi connectivity index (χ1n) is 4.87. The normalized spacial score (nSPS) is 14.1. The zero-order valence-corrected chi connectivity index (χ0v) is 9.05. The lowest BCUT2D eigenvalue weighted by Gasteiger charge is -2.20. The molecule has 0 aromatic heterocycles. The van der Waals surface area contributed by atoms with Gasteiger partial charge in [-0.1, -0.05) is 45.0 Å². The van der Waals surface area contributed by atoms with Crippen LogP contribution in [0.1, 0.15) is 37.9 Å². The van der Waals surface area contributed by atoms with Gasteiger partial charge in [-0.15, -0.1) is 0 Å². The van der Waals surface area contributed by atoms with Crippen LogP contribution in [0.25, 0.3) is 0 Å². The Morgan fingerprint density at radius 2 is 2.00 bits per heavy atom. The van der Waals surface area contributed by atoms with Crippen LogP contribution in [0.2, 0.25) is 0 Å². The van der Waals surface area contributed by atoms with Crippen molar-refractivity contribution in [2.45, 2.75) is 32.2 Å². The summed E-state index contributed by atoms with van der Waals surface area (Å²) in [7, 11) is 0. The van der Waals surface area contributed by atoms with Gasteiger partial charge in [0.25, 0.3) is 0 Å². The monoisotopic (exact) mass is 195 g/mol. The van der Waals surface area contributed by atoms with E-state index < -0.39 is 12.7 Å². The van der Waals surface area contributed by atoms with Gasteiger partial charge in [-0.2, -0.15) is 0 Å². The molecule has 0 heterocycles. The number of alkyl halides is 1. The molecule has 2 N–H and O–H groups in total. The first-order chi connectivity index (χ1) is 6.45. The van der Waals surface area contributed by atoms with E-state index in [0.29, 0.717) is 0 Å². The maximum absolute atomic E-state index is 12.4. The van der Waals surface area contributed by atoms with E-state index in [1.807, 2.05) is 18.2 Å². The Hall–Kier alpha value is -0.890. The van der Waals surface area contributed by atoms with Crippen molar-refractivity contribution >= 4 is 0 Å². The van der Waals surface area contributed by atoms with Crippen molar-refractivity contribution in [3.63, 3.8) is 0 Å². The Balaban J connectivity index is 3.01. The molecule has 0 aliphatic heterocycles. The van der Waals surface area contributed by atoms with Gasteiger partial charge in [0.15, 0.2) is 0 Å². The summed E-state index contributed by atoms with van der Waals surface area (Å²) in [6.45, 7) is 5.89. The Morgan fingerprint density at radius 1 is 1.36 bits per heavy atom. The van der Waals surface area contributed by atoms with Crippen LogP contribution in [0.3, 0.4) is 0 Å². The molecule has 1 rings (SSSR count).